The Bertz CT molecular complexity index is 174. The van der Waals surface area contributed by atoms with Crippen molar-refractivity contribution in [3.05, 3.63) is 0 Å². The number of piperidine rings is 1. The number of ether oxygens (including phenoxy) is 1. The van der Waals surface area contributed by atoms with Gasteiger partial charge in [-0.05, 0) is 12.8 Å². The van der Waals surface area contributed by atoms with E-state index >= 15 is 0 Å². The second kappa shape index (κ2) is 3.42. The Morgan fingerprint density at radius 3 is 2.83 bits per heavy atom. The van der Waals surface area contributed by atoms with E-state index in [1.807, 2.05) is 0 Å². The normalized spacial score (nSPS) is 43.0. The first-order chi connectivity index (χ1) is 5.78. The number of hydrogen-bond acceptors (Lipinski definition) is 2. The Morgan fingerprint density at radius 1 is 1.58 bits per heavy atom. The average Bonchev–Trinajstić information content (AvgIpc) is 2.86. The summed E-state index contributed by atoms with van der Waals surface area (Å²) in [5, 5.41) is 0. The lowest BCUT2D eigenvalue weighted by Gasteiger charge is -2.35. The van der Waals surface area contributed by atoms with Crippen molar-refractivity contribution < 1.29 is 4.74 Å². The van der Waals surface area contributed by atoms with E-state index in [0.717, 1.165) is 13.2 Å². The van der Waals surface area contributed by atoms with E-state index in [-0.39, 0.29) is 5.60 Å². The van der Waals surface area contributed by atoms with Crippen molar-refractivity contribution in [3.8, 4) is 0 Å². The molecule has 0 amide bonds. The van der Waals surface area contributed by atoms with Crippen LogP contribution in [0.25, 0.3) is 0 Å². The van der Waals surface area contributed by atoms with Gasteiger partial charge in [0.1, 0.15) is 5.60 Å². The molecule has 0 aromatic rings. The van der Waals surface area contributed by atoms with Crippen LogP contribution in [-0.4, -0.2) is 35.3 Å². The Morgan fingerprint density at radius 2 is 2.33 bits per heavy atom. The van der Waals surface area contributed by atoms with Crippen LogP contribution in [0.3, 0.4) is 0 Å². The van der Waals surface area contributed by atoms with Gasteiger partial charge in [0.2, 0.25) is 0 Å². The molecule has 0 aromatic carbocycles. The second-order valence-electron chi connectivity index (χ2n) is 3.74. The molecule has 4 heteroatoms. The molecule has 0 N–H and O–H groups in total. The van der Waals surface area contributed by atoms with Crippen molar-refractivity contribution in [2.45, 2.75) is 30.9 Å². The highest BCUT2D eigenvalue weighted by atomic mass is 35.5. The molecule has 0 bridgehead atoms. The molecule has 0 radical (unpaired) electrons. The molecular formula is C8H15ClNOP. The standard InChI is InChI=1S/C8H15ClNOP/c9-5-8(6-11-8)7-3-1-2-4-10(7)12/h7H,1-6,12H2. The molecule has 2 aliphatic rings. The molecule has 2 heterocycles. The smallest absolute Gasteiger partial charge is 0.121 e. The molecule has 2 nitrogen and oxygen atoms in total. The summed E-state index contributed by atoms with van der Waals surface area (Å²) in [4.78, 5) is 0. The molecule has 70 valence electrons. The molecule has 2 fully saturated rings. The van der Waals surface area contributed by atoms with Crippen LogP contribution in [0.5, 0.6) is 0 Å². The van der Waals surface area contributed by atoms with Gasteiger partial charge in [-0.15, -0.1) is 11.6 Å². The molecule has 0 aromatic heterocycles. The van der Waals surface area contributed by atoms with E-state index in [4.69, 9.17) is 16.3 Å². The van der Waals surface area contributed by atoms with Crippen LogP contribution in [0.2, 0.25) is 0 Å². The fourth-order valence-corrected chi connectivity index (χ4v) is 2.91. The maximum Gasteiger partial charge on any atom is 0.121 e. The number of epoxide rings is 1. The van der Waals surface area contributed by atoms with E-state index in [2.05, 4.69) is 14.1 Å². The van der Waals surface area contributed by atoms with Crippen molar-refractivity contribution in [1.82, 2.24) is 4.67 Å². The summed E-state index contributed by atoms with van der Waals surface area (Å²) in [7, 11) is 2.80. The minimum atomic E-state index is 0.00370. The molecule has 2 saturated heterocycles. The number of nitrogens with zero attached hydrogens (tertiary/aromatic N) is 1. The first kappa shape index (κ1) is 9.21. The minimum absolute atomic E-state index is 0.00370. The molecule has 0 saturated carbocycles. The number of hydrogen-bond donors (Lipinski definition) is 0. The van der Waals surface area contributed by atoms with Gasteiger partial charge in [0.15, 0.2) is 0 Å². The minimum Gasteiger partial charge on any atom is -0.367 e. The van der Waals surface area contributed by atoms with Crippen LogP contribution >= 0.6 is 21.0 Å². The number of rotatable bonds is 2. The maximum atomic E-state index is 5.89. The zero-order valence-electron chi connectivity index (χ0n) is 7.13. The largest absolute Gasteiger partial charge is 0.367 e. The van der Waals surface area contributed by atoms with Gasteiger partial charge >= 0.3 is 0 Å². The molecule has 2 aliphatic heterocycles. The summed E-state index contributed by atoms with van der Waals surface area (Å²) in [6.07, 6.45) is 3.85. The molecule has 3 unspecified atom stereocenters. The predicted octanol–water partition coefficient (Wildman–Crippen LogP) is 1.64. The van der Waals surface area contributed by atoms with Gasteiger partial charge in [-0.3, -0.25) is 4.67 Å². The van der Waals surface area contributed by atoms with Crippen LogP contribution < -0.4 is 0 Å². The van der Waals surface area contributed by atoms with Crippen molar-refractivity contribution in [1.29, 1.82) is 0 Å². The van der Waals surface area contributed by atoms with Gasteiger partial charge in [0, 0.05) is 12.6 Å². The summed E-state index contributed by atoms with van der Waals surface area (Å²) in [5.74, 6) is 0.641. The van der Waals surface area contributed by atoms with Crippen LogP contribution in [0, 0.1) is 0 Å². The Kier molecular flexibility index (Phi) is 2.62. The highest BCUT2D eigenvalue weighted by Gasteiger charge is 2.52. The molecule has 3 atom stereocenters. The Hall–Kier alpha value is 0.640. The first-order valence-electron chi connectivity index (χ1n) is 4.50. The van der Waals surface area contributed by atoms with Gasteiger partial charge < -0.3 is 4.74 Å². The van der Waals surface area contributed by atoms with E-state index in [1.165, 1.54) is 19.3 Å². The summed E-state index contributed by atoms with van der Waals surface area (Å²) < 4.78 is 7.79. The van der Waals surface area contributed by atoms with Gasteiger partial charge in [0.05, 0.1) is 12.5 Å². The van der Waals surface area contributed by atoms with Crippen LogP contribution in [0.1, 0.15) is 19.3 Å². The first-order valence-corrected chi connectivity index (χ1v) is 5.55. The molecule has 0 spiro atoms. The predicted molar refractivity (Wildman–Crippen MR) is 53.5 cm³/mol. The average molecular weight is 208 g/mol. The Labute approximate surface area is 80.8 Å². The van der Waals surface area contributed by atoms with Crippen LogP contribution in [0.4, 0.5) is 0 Å². The lowest BCUT2D eigenvalue weighted by Crippen LogP contribution is -2.44. The third-order valence-electron chi connectivity index (χ3n) is 2.89. The molecule has 2 rings (SSSR count). The van der Waals surface area contributed by atoms with Crippen molar-refractivity contribution in [2.75, 3.05) is 19.0 Å². The topological polar surface area (TPSA) is 15.8 Å². The highest BCUT2D eigenvalue weighted by molar-refractivity contribution is 7.13. The third kappa shape index (κ3) is 1.50. The molecule has 0 aliphatic carbocycles. The van der Waals surface area contributed by atoms with Crippen molar-refractivity contribution >= 4 is 21.0 Å². The van der Waals surface area contributed by atoms with Crippen LogP contribution in [-0.2, 0) is 4.74 Å². The highest BCUT2D eigenvalue weighted by Crippen LogP contribution is 2.40. The zero-order valence-corrected chi connectivity index (χ0v) is 9.04. The third-order valence-corrected chi connectivity index (χ3v) is 3.96. The fourth-order valence-electron chi connectivity index (χ4n) is 1.97. The maximum absolute atomic E-state index is 5.89. The second-order valence-corrected chi connectivity index (χ2v) is 4.67. The lowest BCUT2D eigenvalue weighted by molar-refractivity contribution is 0.162. The molecule has 12 heavy (non-hydrogen) atoms. The van der Waals surface area contributed by atoms with Crippen molar-refractivity contribution in [2.24, 2.45) is 0 Å². The molecular weight excluding hydrogens is 193 g/mol. The van der Waals surface area contributed by atoms with Crippen molar-refractivity contribution in [3.63, 3.8) is 0 Å². The van der Waals surface area contributed by atoms with E-state index in [9.17, 15) is 0 Å². The summed E-state index contributed by atoms with van der Waals surface area (Å²) >= 11 is 5.89. The summed E-state index contributed by atoms with van der Waals surface area (Å²) in [5.41, 5.74) is 0.00370. The van der Waals surface area contributed by atoms with E-state index in [0.29, 0.717) is 11.9 Å². The lowest BCUT2D eigenvalue weighted by atomic mass is 9.94. The van der Waals surface area contributed by atoms with E-state index < -0.39 is 0 Å². The van der Waals surface area contributed by atoms with Gasteiger partial charge in [-0.1, -0.05) is 15.8 Å². The van der Waals surface area contributed by atoms with Gasteiger partial charge in [-0.25, -0.2) is 0 Å². The summed E-state index contributed by atoms with van der Waals surface area (Å²) in [6.45, 7) is 2.02. The Balaban J connectivity index is 2.01. The van der Waals surface area contributed by atoms with Gasteiger partial charge in [-0.2, -0.15) is 0 Å². The fraction of sp³-hybridized carbons (Fsp3) is 1.00. The summed E-state index contributed by atoms with van der Waals surface area (Å²) in [6, 6.07) is 0.536. The quantitative estimate of drug-likeness (QED) is 0.389. The number of alkyl halides is 1. The monoisotopic (exact) mass is 207 g/mol. The SMILES string of the molecule is PN1CCCCC1C1(CCl)CO1. The zero-order chi connectivity index (χ0) is 8.60. The van der Waals surface area contributed by atoms with E-state index in [1.54, 1.807) is 0 Å². The number of halogens is 1. The van der Waals surface area contributed by atoms with Gasteiger partial charge in [0.25, 0.3) is 0 Å². The van der Waals surface area contributed by atoms with Crippen LogP contribution in [0.15, 0.2) is 0 Å².